The Morgan fingerprint density at radius 2 is 1.78 bits per heavy atom. The number of allylic oxidation sites excluding steroid dienone is 1. The van der Waals surface area contributed by atoms with Gasteiger partial charge >= 0.3 is 0 Å². The maximum Gasteiger partial charge on any atom is 0.203 e. The molecular weight excluding hydrogens is 408 g/mol. The lowest BCUT2D eigenvalue weighted by Gasteiger charge is -2.36. The van der Waals surface area contributed by atoms with Crippen LogP contribution in [0.2, 0.25) is 0 Å². The number of fused-ring (bicyclic) bond motifs is 1. The average Bonchev–Trinajstić information content (AvgIpc) is 3.52. The van der Waals surface area contributed by atoms with Gasteiger partial charge in [-0.3, -0.25) is 5.10 Å². The Morgan fingerprint density at radius 3 is 2.47 bits per heavy atom. The van der Waals surface area contributed by atoms with E-state index in [9.17, 15) is 0 Å². The topological polar surface area (TPSA) is 100.0 Å². The van der Waals surface area contributed by atoms with E-state index in [-0.39, 0.29) is 0 Å². The molecular formula is C23H22N6O3. The number of nitrogens with zero attached hydrogens (tertiary/aromatic N) is 5. The van der Waals surface area contributed by atoms with Gasteiger partial charge in [-0.1, -0.05) is 48.6 Å². The molecule has 32 heavy (non-hydrogen) atoms. The minimum Gasteiger partial charge on any atom is -0.493 e. The van der Waals surface area contributed by atoms with Crippen molar-refractivity contribution in [1.82, 2.24) is 30.4 Å². The highest BCUT2D eigenvalue weighted by Gasteiger charge is 2.40. The van der Waals surface area contributed by atoms with E-state index >= 15 is 0 Å². The molecule has 0 radical (unpaired) electrons. The van der Waals surface area contributed by atoms with Crippen LogP contribution in [-0.4, -0.2) is 51.7 Å². The van der Waals surface area contributed by atoms with Gasteiger partial charge in [-0.15, -0.1) is 5.10 Å². The number of hydrogen-bond donors (Lipinski definition) is 1. The van der Waals surface area contributed by atoms with Gasteiger partial charge in [-0.2, -0.15) is 9.78 Å². The Balaban J connectivity index is 1.73. The first-order valence-electron chi connectivity index (χ1n) is 10.1. The van der Waals surface area contributed by atoms with Crippen molar-refractivity contribution in [2.24, 2.45) is 0 Å². The molecule has 1 atom stereocenters. The first-order chi connectivity index (χ1) is 15.7. The largest absolute Gasteiger partial charge is 0.493 e. The van der Waals surface area contributed by atoms with E-state index in [2.05, 4.69) is 50.0 Å². The molecule has 1 N–H and O–H groups in total. The molecule has 2 heterocycles. The normalized spacial score (nSPS) is 17.1. The van der Waals surface area contributed by atoms with Crippen LogP contribution in [0.3, 0.4) is 0 Å². The molecule has 9 heteroatoms. The van der Waals surface area contributed by atoms with Gasteiger partial charge in [0.15, 0.2) is 17.3 Å². The SMILES string of the molecule is COc1ccc(C2(c3ccccc3)C=Cc3c(-n4cnnn4)n[nH]c3C2)c(OC)c1OC. The second-order valence-electron chi connectivity index (χ2n) is 7.42. The molecule has 1 aliphatic carbocycles. The summed E-state index contributed by atoms with van der Waals surface area (Å²) in [5.41, 5.74) is 3.47. The average molecular weight is 430 g/mol. The predicted molar refractivity (Wildman–Crippen MR) is 117 cm³/mol. The van der Waals surface area contributed by atoms with E-state index in [1.54, 1.807) is 26.0 Å². The van der Waals surface area contributed by atoms with Crippen LogP contribution < -0.4 is 14.2 Å². The Hall–Kier alpha value is -4.14. The van der Waals surface area contributed by atoms with Crippen molar-refractivity contribution in [3.63, 3.8) is 0 Å². The number of aromatic amines is 1. The second kappa shape index (κ2) is 7.84. The highest BCUT2D eigenvalue weighted by molar-refractivity contribution is 5.70. The zero-order chi connectivity index (χ0) is 22.1. The number of nitrogens with one attached hydrogen (secondary N) is 1. The standard InChI is InChI=1S/C23H22N6O3/c1-30-19-10-9-17(20(31-2)21(19)32-3)23(15-7-5-4-6-8-15)12-11-16-18(13-23)25-26-22(16)29-14-24-27-28-29/h4-12,14H,13H2,1-3H3,(H,25,26). The van der Waals surface area contributed by atoms with Crippen LogP contribution >= 0.6 is 0 Å². The third-order valence-corrected chi connectivity index (χ3v) is 5.89. The molecule has 2 aromatic heterocycles. The molecule has 9 nitrogen and oxygen atoms in total. The fraction of sp³-hybridized carbons (Fsp3) is 0.217. The van der Waals surface area contributed by atoms with E-state index in [1.165, 1.54) is 6.33 Å². The summed E-state index contributed by atoms with van der Waals surface area (Å²) in [6.45, 7) is 0. The number of ether oxygens (including phenoxy) is 3. The lowest BCUT2D eigenvalue weighted by Crippen LogP contribution is -2.31. The number of benzene rings is 2. The van der Waals surface area contributed by atoms with Gasteiger partial charge in [0.25, 0.3) is 0 Å². The minimum atomic E-state index is -0.524. The van der Waals surface area contributed by atoms with Crippen molar-refractivity contribution in [3.05, 3.63) is 77.3 Å². The van der Waals surface area contributed by atoms with E-state index in [0.717, 1.165) is 22.4 Å². The lowest BCUT2D eigenvalue weighted by molar-refractivity contribution is 0.319. The van der Waals surface area contributed by atoms with Crippen LogP contribution in [0, 0.1) is 0 Å². The van der Waals surface area contributed by atoms with Gasteiger partial charge in [0, 0.05) is 28.7 Å². The van der Waals surface area contributed by atoms with Gasteiger partial charge in [0.1, 0.15) is 6.33 Å². The smallest absolute Gasteiger partial charge is 0.203 e. The summed E-state index contributed by atoms with van der Waals surface area (Å²) in [4.78, 5) is 0. The molecule has 0 bridgehead atoms. The molecule has 0 saturated carbocycles. The summed E-state index contributed by atoms with van der Waals surface area (Å²) in [6, 6.07) is 14.2. The number of aromatic nitrogens is 6. The van der Waals surface area contributed by atoms with Crippen LogP contribution in [0.4, 0.5) is 0 Å². The van der Waals surface area contributed by atoms with E-state index in [1.807, 2.05) is 30.3 Å². The Labute approximate surface area is 184 Å². The van der Waals surface area contributed by atoms with Crippen LogP contribution in [0.5, 0.6) is 17.2 Å². The fourth-order valence-corrected chi connectivity index (χ4v) is 4.41. The van der Waals surface area contributed by atoms with Crippen LogP contribution in [0.1, 0.15) is 22.4 Å². The Bertz CT molecular complexity index is 1270. The summed E-state index contributed by atoms with van der Waals surface area (Å²) in [7, 11) is 4.87. The summed E-state index contributed by atoms with van der Waals surface area (Å²) < 4.78 is 18.6. The van der Waals surface area contributed by atoms with Gasteiger partial charge in [0.05, 0.1) is 21.3 Å². The van der Waals surface area contributed by atoms with Crippen molar-refractivity contribution < 1.29 is 14.2 Å². The molecule has 0 amide bonds. The van der Waals surface area contributed by atoms with Crippen LogP contribution in [0.25, 0.3) is 11.9 Å². The molecule has 0 fully saturated rings. The van der Waals surface area contributed by atoms with E-state index in [4.69, 9.17) is 14.2 Å². The molecule has 0 aliphatic heterocycles. The molecule has 1 unspecified atom stereocenters. The third-order valence-electron chi connectivity index (χ3n) is 5.89. The maximum absolute atomic E-state index is 5.87. The maximum atomic E-state index is 5.87. The lowest BCUT2D eigenvalue weighted by atomic mass is 9.68. The first kappa shape index (κ1) is 19.8. The number of methoxy groups -OCH3 is 3. The number of tetrazole rings is 1. The predicted octanol–water partition coefficient (Wildman–Crippen LogP) is 2.97. The van der Waals surface area contributed by atoms with Crippen molar-refractivity contribution >= 4 is 6.08 Å². The summed E-state index contributed by atoms with van der Waals surface area (Å²) >= 11 is 0. The number of hydrogen-bond acceptors (Lipinski definition) is 7. The molecule has 5 rings (SSSR count). The van der Waals surface area contributed by atoms with Gasteiger partial charge in [-0.25, -0.2) is 0 Å². The van der Waals surface area contributed by atoms with E-state index < -0.39 is 5.41 Å². The van der Waals surface area contributed by atoms with Crippen molar-refractivity contribution in [2.45, 2.75) is 11.8 Å². The van der Waals surface area contributed by atoms with Gasteiger partial charge < -0.3 is 14.2 Å². The summed E-state index contributed by atoms with van der Waals surface area (Å²) in [6.07, 6.45) is 6.39. The molecule has 0 spiro atoms. The van der Waals surface area contributed by atoms with Crippen LogP contribution in [-0.2, 0) is 11.8 Å². The quantitative estimate of drug-likeness (QED) is 0.502. The fourth-order valence-electron chi connectivity index (χ4n) is 4.41. The summed E-state index contributed by atoms with van der Waals surface area (Å²) in [5.74, 6) is 2.45. The number of rotatable bonds is 6. The first-order valence-corrected chi connectivity index (χ1v) is 10.1. The summed E-state index contributed by atoms with van der Waals surface area (Å²) in [5, 5.41) is 19.1. The minimum absolute atomic E-state index is 0.524. The molecule has 0 saturated heterocycles. The monoisotopic (exact) mass is 430 g/mol. The van der Waals surface area contributed by atoms with Crippen molar-refractivity contribution in [3.8, 4) is 23.1 Å². The highest BCUT2D eigenvalue weighted by atomic mass is 16.5. The molecule has 1 aliphatic rings. The zero-order valence-electron chi connectivity index (χ0n) is 17.9. The van der Waals surface area contributed by atoms with Crippen molar-refractivity contribution in [1.29, 1.82) is 0 Å². The second-order valence-corrected chi connectivity index (χ2v) is 7.42. The molecule has 4 aromatic rings. The number of H-pyrrole nitrogens is 1. The zero-order valence-corrected chi connectivity index (χ0v) is 17.9. The highest BCUT2D eigenvalue weighted by Crippen LogP contribution is 2.50. The van der Waals surface area contributed by atoms with Crippen molar-refractivity contribution in [2.75, 3.05) is 21.3 Å². The Kier molecular flexibility index (Phi) is 4.85. The van der Waals surface area contributed by atoms with Crippen LogP contribution in [0.15, 0.2) is 54.9 Å². The van der Waals surface area contributed by atoms with Gasteiger partial charge in [-0.05, 0) is 22.1 Å². The molecule has 2 aromatic carbocycles. The van der Waals surface area contributed by atoms with Gasteiger partial charge in [0.2, 0.25) is 5.75 Å². The Morgan fingerprint density at radius 1 is 0.969 bits per heavy atom. The van der Waals surface area contributed by atoms with E-state index in [0.29, 0.717) is 29.5 Å². The molecule has 162 valence electrons. The third kappa shape index (κ3) is 2.93.